The van der Waals surface area contributed by atoms with E-state index in [9.17, 15) is 13.2 Å². The highest BCUT2D eigenvalue weighted by atomic mass is 35.5. The molecular weight excluding hydrogens is 221 g/mol. The van der Waals surface area contributed by atoms with Gasteiger partial charge in [-0.25, -0.2) is 0 Å². The van der Waals surface area contributed by atoms with Gasteiger partial charge in [-0.05, 0) is 6.07 Å². The molecule has 1 aromatic rings. The Labute approximate surface area is 82.5 Å². The van der Waals surface area contributed by atoms with Gasteiger partial charge in [0.05, 0.1) is 5.02 Å². The number of phenols is 1. The quantitative estimate of drug-likeness (QED) is 0.773. The van der Waals surface area contributed by atoms with E-state index in [2.05, 4.69) is 0 Å². The van der Waals surface area contributed by atoms with E-state index < -0.39 is 23.6 Å². The molecule has 78 valence electrons. The van der Waals surface area contributed by atoms with E-state index in [0.717, 1.165) is 6.07 Å². The third kappa shape index (κ3) is 2.10. The van der Waals surface area contributed by atoms with Gasteiger partial charge in [0.25, 0.3) is 0 Å². The summed E-state index contributed by atoms with van der Waals surface area (Å²) in [6.07, 6.45) is -7.54. The highest BCUT2D eigenvalue weighted by molar-refractivity contribution is 6.32. The zero-order valence-corrected chi connectivity index (χ0v) is 7.47. The lowest BCUT2D eigenvalue weighted by atomic mass is 10.1. The van der Waals surface area contributed by atoms with Crippen LogP contribution in [0.1, 0.15) is 11.7 Å². The summed E-state index contributed by atoms with van der Waals surface area (Å²) in [5.41, 5.74) is -0.648. The maximum absolute atomic E-state index is 12.0. The molecule has 0 radical (unpaired) electrons. The van der Waals surface area contributed by atoms with Crippen LogP contribution in [0.4, 0.5) is 13.2 Å². The van der Waals surface area contributed by atoms with Crippen molar-refractivity contribution in [2.45, 2.75) is 12.3 Å². The van der Waals surface area contributed by atoms with Crippen molar-refractivity contribution < 1.29 is 23.4 Å². The first-order valence-corrected chi connectivity index (χ1v) is 3.94. The van der Waals surface area contributed by atoms with E-state index in [0.29, 0.717) is 0 Å². The summed E-state index contributed by atoms with van der Waals surface area (Å²) in [5.74, 6) is -0.751. The number of rotatable bonds is 1. The van der Waals surface area contributed by atoms with Gasteiger partial charge < -0.3 is 10.2 Å². The van der Waals surface area contributed by atoms with E-state index in [4.69, 9.17) is 21.8 Å². The van der Waals surface area contributed by atoms with Crippen LogP contribution in [-0.2, 0) is 0 Å². The van der Waals surface area contributed by atoms with E-state index in [1.807, 2.05) is 0 Å². The standard InChI is InChI=1S/C8H6ClF3O2/c9-5-3-1-2-4(6(5)13)7(14)8(10,11)12/h1-3,7,13-14H/t7-/m1/s1. The molecule has 0 bridgehead atoms. The predicted octanol–water partition coefficient (Wildman–Crippen LogP) is 2.64. The van der Waals surface area contributed by atoms with Gasteiger partial charge in [-0.2, -0.15) is 13.2 Å². The Morgan fingerprint density at radius 1 is 1.29 bits per heavy atom. The minimum atomic E-state index is -4.82. The number of alkyl halides is 3. The van der Waals surface area contributed by atoms with E-state index >= 15 is 0 Å². The molecule has 14 heavy (non-hydrogen) atoms. The molecule has 0 saturated heterocycles. The fourth-order valence-electron chi connectivity index (χ4n) is 0.929. The molecule has 0 aliphatic rings. The third-order valence-electron chi connectivity index (χ3n) is 1.62. The van der Waals surface area contributed by atoms with Gasteiger partial charge in [0.15, 0.2) is 6.10 Å². The van der Waals surface area contributed by atoms with Crippen molar-refractivity contribution >= 4 is 11.6 Å². The largest absolute Gasteiger partial charge is 0.506 e. The van der Waals surface area contributed by atoms with Gasteiger partial charge in [0.2, 0.25) is 0 Å². The first-order chi connectivity index (χ1) is 6.34. The van der Waals surface area contributed by atoms with Crippen LogP contribution in [-0.4, -0.2) is 16.4 Å². The van der Waals surface area contributed by atoms with Gasteiger partial charge in [0.1, 0.15) is 5.75 Å². The average Bonchev–Trinajstić information content (AvgIpc) is 2.07. The average molecular weight is 227 g/mol. The number of aliphatic hydroxyl groups excluding tert-OH is 1. The third-order valence-corrected chi connectivity index (χ3v) is 1.93. The molecule has 0 saturated carbocycles. The molecule has 0 aliphatic carbocycles. The van der Waals surface area contributed by atoms with Gasteiger partial charge in [-0.15, -0.1) is 0 Å². The molecule has 2 nitrogen and oxygen atoms in total. The van der Waals surface area contributed by atoms with Gasteiger partial charge >= 0.3 is 6.18 Å². The van der Waals surface area contributed by atoms with Gasteiger partial charge in [0, 0.05) is 5.56 Å². The molecule has 0 unspecified atom stereocenters. The fraction of sp³-hybridized carbons (Fsp3) is 0.250. The van der Waals surface area contributed by atoms with Crippen molar-refractivity contribution in [3.05, 3.63) is 28.8 Å². The maximum atomic E-state index is 12.0. The van der Waals surface area contributed by atoms with Crippen LogP contribution in [0.5, 0.6) is 5.75 Å². The summed E-state index contributed by atoms with van der Waals surface area (Å²) >= 11 is 5.38. The lowest BCUT2D eigenvalue weighted by Crippen LogP contribution is -2.20. The summed E-state index contributed by atoms with van der Waals surface area (Å²) in [4.78, 5) is 0. The number of aliphatic hydroxyl groups is 1. The van der Waals surface area contributed by atoms with Crippen LogP contribution in [0.2, 0.25) is 5.02 Å². The summed E-state index contributed by atoms with van der Waals surface area (Å²) in [7, 11) is 0. The number of halogens is 4. The van der Waals surface area contributed by atoms with Crippen LogP contribution in [0.25, 0.3) is 0 Å². The Morgan fingerprint density at radius 3 is 2.36 bits per heavy atom. The first kappa shape index (κ1) is 11.1. The summed E-state index contributed by atoms with van der Waals surface area (Å²) in [5, 5.41) is 17.7. The minimum Gasteiger partial charge on any atom is -0.506 e. The molecule has 0 spiro atoms. The van der Waals surface area contributed by atoms with Gasteiger partial charge in [-0.1, -0.05) is 23.7 Å². The Bertz CT molecular complexity index is 338. The lowest BCUT2D eigenvalue weighted by molar-refractivity contribution is -0.207. The van der Waals surface area contributed by atoms with Crippen LogP contribution >= 0.6 is 11.6 Å². The molecule has 0 aliphatic heterocycles. The smallest absolute Gasteiger partial charge is 0.418 e. The van der Waals surface area contributed by atoms with Crippen LogP contribution in [0, 0.1) is 0 Å². The van der Waals surface area contributed by atoms with E-state index in [-0.39, 0.29) is 5.02 Å². The summed E-state index contributed by atoms with van der Waals surface area (Å²) in [6, 6.07) is 3.40. The van der Waals surface area contributed by atoms with Crippen molar-refractivity contribution in [3.8, 4) is 5.75 Å². The fourth-order valence-corrected chi connectivity index (χ4v) is 1.11. The zero-order valence-electron chi connectivity index (χ0n) is 6.72. The Balaban J connectivity index is 3.14. The minimum absolute atomic E-state index is 0.231. The number of phenolic OH excluding ortho intramolecular Hbond substituents is 1. The van der Waals surface area contributed by atoms with Crippen molar-refractivity contribution in [3.63, 3.8) is 0 Å². The number of hydrogen-bond donors (Lipinski definition) is 2. The van der Waals surface area contributed by atoms with Crippen LogP contribution < -0.4 is 0 Å². The van der Waals surface area contributed by atoms with E-state index in [1.54, 1.807) is 0 Å². The molecule has 0 heterocycles. The lowest BCUT2D eigenvalue weighted by Gasteiger charge is -2.16. The van der Waals surface area contributed by atoms with Gasteiger partial charge in [-0.3, -0.25) is 0 Å². The van der Waals surface area contributed by atoms with Crippen molar-refractivity contribution in [1.82, 2.24) is 0 Å². The Kier molecular flexibility index (Phi) is 2.92. The molecular formula is C8H6ClF3O2. The maximum Gasteiger partial charge on any atom is 0.418 e. The monoisotopic (exact) mass is 226 g/mol. The SMILES string of the molecule is Oc1c(Cl)cccc1[C@@H](O)C(F)(F)F. The van der Waals surface area contributed by atoms with Crippen molar-refractivity contribution in [2.75, 3.05) is 0 Å². The summed E-state index contributed by atoms with van der Waals surface area (Å²) in [6.45, 7) is 0. The second kappa shape index (κ2) is 3.67. The molecule has 6 heteroatoms. The molecule has 1 rings (SSSR count). The van der Waals surface area contributed by atoms with Crippen LogP contribution in [0.3, 0.4) is 0 Å². The zero-order chi connectivity index (χ0) is 10.9. The second-order valence-corrected chi connectivity index (χ2v) is 3.03. The number of hydrogen-bond acceptors (Lipinski definition) is 2. The molecule has 1 atom stereocenters. The molecule has 1 aromatic carbocycles. The van der Waals surface area contributed by atoms with Crippen molar-refractivity contribution in [2.24, 2.45) is 0 Å². The number of aromatic hydroxyl groups is 1. The molecule has 0 fully saturated rings. The Hall–Kier alpha value is -0.940. The second-order valence-electron chi connectivity index (χ2n) is 2.62. The Morgan fingerprint density at radius 2 is 1.86 bits per heavy atom. The highest BCUT2D eigenvalue weighted by Crippen LogP contribution is 2.39. The highest BCUT2D eigenvalue weighted by Gasteiger charge is 2.40. The van der Waals surface area contributed by atoms with Crippen LogP contribution in [0.15, 0.2) is 18.2 Å². The van der Waals surface area contributed by atoms with E-state index in [1.165, 1.54) is 12.1 Å². The molecule has 2 N–H and O–H groups in total. The molecule has 0 amide bonds. The molecule has 0 aromatic heterocycles. The first-order valence-electron chi connectivity index (χ1n) is 3.56. The topological polar surface area (TPSA) is 40.5 Å². The summed E-state index contributed by atoms with van der Waals surface area (Å²) < 4.78 is 36.1. The predicted molar refractivity (Wildman–Crippen MR) is 44.1 cm³/mol. The number of para-hydroxylation sites is 1. The normalized spacial score (nSPS) is 14.1. The number of benzene rings is 1. The van der Waals surface area contributed by atoms with Crippen molar-refractivity contribution in [1.29, 1.82) is 0 Å².